The maximum atomic E-state index is 14.4. The second-order valence-electron chi connectivity index (χ2n) is 11.5. The Hall–Kier alpha value is -3.84. The Balaban J connectivity index is 2.07. The average Bonchev–Trinajstić information content (AvgIpc) is 2.88. The molecular weight excluding hydrogens is 538 g/mol. The van der Waals surface area contributed by atoms with Gasteiger partial charge in [-0.3, -0.25) is 9.59 Å². The number of carbonyl (C=O) groups excluding carboxylic acids is 3. The van der Waals surface area contributed by atoms with Gasteiger partial charge in [0.15, 0.2) is 0 Å². The highest BCUT2D eigenvalue weighted by Crippen LogP contribution is 2.30. The fourth-order valence-corrected chi connectivity index (χ4v) is 4.80. The molecule has 0 saturated heterocycles. The molecule has 8 heteroatoms. The molecule has 2 unspecified atom stereocenters. The number of aryl methyl sites for hydroxylation is 2. The molecule has 0 saturated carbocycles. The molecule has 0 aromatic heterocycles. The van der Waals surface area contributed by atoms with Crippen molar-refractivity contribution >= 4 is 35.2 Å². The molecule has 0 aliphatic carbocycles. The molecular formula is C33H40ClN3O4. The largest absolute Gasteiger partial charge is 0.444 e. The molecule has 0 heterocycles. The Labute approximate surface area is 248 Å². The summed E-state index contributed by atoms with van der Waals surface area (Å²) < 4.78 is 5.49. The van der Waals surface area contributed by atoms with Gasteiger partial charge in [-0.05, 0) is 71.2 Å². The molecule has 0 bridgehead atoms. The van der Waals surface area contributed by atoms with Crippen LogP contribution in [0.5, 0.6) is 0 Å². The minimum atomic E-state index is -1.00. The van der Waals surface area contributed by atoms with Crippen LogP contribution in [0, 0.1) is 13.8 Å². The summed E-state index contributed by atoms with van der Waals surface area (Å²) in [5, 5.41) is 6.14. The highest BCUT2D eigenvalue weighted by atomic mass is 35.5. The standard InChI is InChI=1S/C33H40ClN3O4/c1-21(2)37(31(39)27(20-24-13-9-8-10-14-24)35-32(40)41-33(5,6)7)29(25-18-16-22(3)17-19-25)30(38)36-28-23(4)12-11-15-26(28)34/h8-19,21,27,29H,20H2,1-7H3,(H,35,40)(H,36,38). The van der Waals surface area contributed by atoms with Crippen molar-refractivity contribution < 1.29 is 19.1 Å². The van der Waals surface area contributed by atoms with Gasteiger partial charge in [0.05, 0.1) is 10.7 Å². The van der Waals surface area contributed by atoms with Gasteiger partial charge in [-0.2, -0.15) is 0 Å². The summed E-state index contributed by atoms with van der Waals surface area (Å²) in [4.78, 5) is 42.9. The number of nitrogens with zero attached hydrogens (tertiary/aromatic N) is 1. The third kappa shape index (κ3) is 8.82. The van der Waals surface area contributed by atoms with E-state index in [0.29, 0.717) is 16.3 Å². The second kappa shape index (κ2) is 13.7. The minimum absolute atomic E-state index is 0.216. The maximum Gasteiger partial charge on any atom is 0.408 e. The van der Waals surface area contributed by atoms with E-state index in [1.165, 1.54) is 4.90 Å². The number of ether oxygens (including phenoxy) is 1. The van der Waals surface area contributed by atoms with Gasteiger partial charge in [-0.15, -0.1) is 0 Å². The number of carbonyl (C=O) groups is 3. The zero-order valence-electron chi connectivity index (χ0n) is 24.8. The van der Waals surface area contributed by atoms with Crippen LogP contribution in [0.15, 0.2) is 72.8 Å². The molecule has 7 nitrogen and oxygen atoms in total. The van der Waals surface area contributed by atoms with Crippen molar-refractivity contribution in [3.8, 4) is 0 Å². The van der Waals surface area contributed by atoms with Gasteiger partial charge in [-0.1, -0.05) is 83.9 Å². The molecule has 0 aliphatic heterocycles. The van der Waals surface area contributed by atoms with E-state index in [-0.39, 0.29) is 6.42 Å². The zero-order chi connectivity index (χ0) is 30.3. The third-order valence-corrected chi connectivity index (χ3v) is 6.79. The molecule has 3 aromatic carbocycles. The monoisotopic (exact) mass is 577 g/mol. The Morgan fingerprint density at radius 1 is 0.902 bits per heavy atom. The van der Waals surface area contributed by atoms with E-state index < -0.39 is 41.6 Å². The first-order valence-electron chi connectivity index (χ1n) is 13.7. The average molecular weight is 578 g/mol. The predicted octanol–water partition coefficient (Wildman–Crippen LogP) is 7.01. The number of para-hydroxylation sites is 1. The van der Waals surface area contributed by atoms with Crippen LogP contribution in [0.3, 0.4) is 0 Å². The van der Waals surface area contributed by atoms with Gasteiger partial charge in [0.25, 0.3) is 5.91 Å². The minimum Gasteiger partial charge on any atom is -0.444 e. The summed E-state index contributed by atoms with van der Waals surface area (Å²) in [5.74, 6) is -0.825. The maximum absolute atomic E-state index is 14.4. The molecule has 3 aromatic rings. The van der Waals surface area contributed by atoms with Gasteiger partial charge < -0.3 is 20.3 Å². The lowest BCUT2D eigenvalue weighted by atomic mass is 9.98. The van der Waals surface area contributed by atoms with E-state index in [2.05, 4.69) is 10.6 Å². The quantitative estimate of drug-likeness (QED) is 0.286. The van der Waals surface area contributed by atoms with Gasteiger partial charge in [0.1, 0.15) is 17.7 Å². The molecule has 2 N–H and O–H groups in total. The van der Waals surface area contributed by atoms with E-state index in [4.69, 9.17) is 16.3 Å². The van der Waals surface area contributed by atoms with Crippen LogP contribution in [-0.2, 0) is 20.7 Å². The van der Waals surface area contributed by atoms with Crippen LogP contribution in [-0.4, -0.2) is 40.5 Å². The van der Waals surface area contributed by atoms with Crippen molar-refractivity contribution in [3.63, 3.8) is 0 Å². The Morgan fingerprint density at radius 3 is 2.10 bits per heavy atom. The highest BCUT2D eigenvalue weighted by molar-refractivity contribution is 6.34. The summed E-state index contributed by atoms with van der Waals surface area (Å²) in [6, 6.07) is 19.9. The van der Waals surface area contributed by atoms with E-state index in [1.54, 1.807) is 26.8 Å². The fourth-order valence-electron chi connectivity index (χ4n) is 4.53. The molecule has 0 spiro atoms. The SMILES string of the molecule is Cc1ccc(C(C(=O)Nc2c(C)cccc2Cl)N(C(=O)C(Cc2ccccc2)NC(=O)OC(C)(C)C)C(C)C)cc1. The Kier molecular flexibility index (Phi) is 10.6. The molecule has 0 aliphatic rings. The van der Waals surface area contributed by atoms with Crippen LogP contribution in [0.1, 0.15) is 62.9 Å². The molecule has 0 radical (unpaired) electrons. The smallest absolute Gasteiger partial charge is 0.408 e. The van der Waals surface area contributed by atoms with Crippen molar-refractivity contribution in [2.75, 3.05) is 5.32 Å². The van der Waals surface area contributed by atoms with E-state index in [1.807, 2.05) is 94.4 Å². The predicted molar refractivity (Wildman–Crippen MR) is 164 cm³/mol. The number of anilines is 1. The van der Waals surface area contributed by atoms with Gasteiger partial charge in [0, 0.05) is 12.5 Å². The molecule has 2 atom stereocenters. The first-order chi connectivity index (χ1) is 19.3. The topological polar surface area (TPSA) is 87.7 Å². The van der Waals surface area contributed by atoms with Crippen LogP contribution in [0.2, 0.25) is 5.02 Å². The number of nitrogens with one attached hydrogen (secondary N) is 2. The van der Waals surface area contributed by atoms with E-state index in [0.717, 1.165) is 16.7 Å². The van der Waals surface area contributed by atoms with Gasteiger partial charge in [-0.25, -0.2) is 4.79 Å². The summed E-state index contributed by atoms with van der Waals surface area (Å²) in [6.07, 6.45) is -0.493. The Morgan fingerprint density at radius 2 is 1.54 bits per heavy atom. The van der Waals surface area contributed by atoms with Crippen molar-refractivity contribution in [2.45, 2.75) is 78.6 Å². The normalized spacial score (nSPS) is 12.8. The highest BCUT2D eigenvalue weighted by Gasteiger charge is 2.38. The van der Waals surface area contributed by atoms with E-state index in [9.17, 15) is 14.4 Å². The third-order valence-electron chi connectivity index (χ3n) is 6.47. The molecule has 41 heavy (non-hydrogen) atoms. The number of amides is 3. The lowest BCUT2D eigenvalue weighted by Crippen LogP contribution is -2.55. The van der Waals surface area contributed by atoms with Crippen LogP contribution in [0.25, 0.3) is 0 Å². The second-order valence-corrected chi connectivity index (χ2v) is 11.9. The van der Waals surface area contributed by atoms with Crippen molar-refractivity contribution in [3.05, 3.63) is 100 Å². The van der Waals surface area contributed by atoms with Crippen molar-refractivity contribution in [1.29, 1.82) is 0 Å². The lowest BCUT2D eigenvalue weighted by Gasteiger charge is -2.37. The molecule has 0 fully saturated rings. The van der Waals surface area contributed by atoms with E-state index >= 15 is 0 Å². The number of hydrogen-bond donors (Lipinski definition) is 2. The number of benzene rings is 3. The zero-order valence-corrected chi connectivity index (χ0v) is 25.6. The number of hydrogen-bond acceptors (Lipinski definition) is 4. The van der Waals surface area contributed by atoms with Gasteiger partial charge >= 0.3 is 6.09 Å². The van der Waals surface area contributed by atoms with Crippen molar-refractivity contribution in [2.24, 2.45) is 0 Å². The number of rotatable bonds is 9. The summed E-state index contributed by atoms with van der Waals surface area (Å²) in [6.45, 7) is 12.8. The summed E-state index contributed by atoms with van der Waals surface area (Å²) in [7, 11) is 0. The van der Waals surface area contributed by atoms with Crippen LogP contribution in [0.4, 0.5) is 10.5 Å². The van der Waals surface area contributed by atoms with Crippen LogP contribution < -0.4 is 10.6 Å². The first-order valence-corrected chi connectivity index (χ1v) is 14.1. The van der Waals surface area contributed by atoms with Crippen LogP contribution >= 0.6 is 11.6 Å². The summed E-state index contributed by atoms with van der Waals surface area (Å²) >= 11 is 6.44. The van der Waals surface area contributed by atoms with Gasteiger partial charge in [0.2, 0.25) is 5.91 Å². The number of halogens is 1. The number of alkyl carbamates (subject to hydrolysis) is 1. The fraction of sp³-hybridized carbons (Fsp3) is 0.364. The molecule has 3 rings (SSSR count). The Bertz CT molecular complexity index is 1330. The van der Waals surface area contributed by atoms with Crippen molar-refractivity contribution in [1.82, 2.24) is 10.2 Å². The first kappa shape index (κ1) is 31.7. The molecule has 3 amide bonds. The lowest BCUT2D eigenvalue weighted by molar-refractivity contribution is -0.142. The summed E-state index contributed by atoms with van der Waals surface area (Å²) in [5.41, 5.74) is 3.04. The molecule has 218 valence electrons.